The first-order valence-electron chi connectivity index (χ1n) is 5.38. The van der Waals surface area contributed by atoms with Gasteiger partial charge in [0.05, 0.1) is 13.2 Å². The highest BCUT2D eigenvalue weighted by Gasteiger charge is 2.03. The first-order chi connectivity index (χ1) is 7.67. The molecule has 0 saturated heterocycles. The summed E-state index contributed by atoms with van der Waals surface area (Å²) in [4.78, 5) is 0. The zero-order chi connectivity index (χ0) is 12.0. The third-order valence-corrected chi connectivity index (χ3v) is 3.19. The molecule has 2 N–H and O–H groups in total. The maximum absolute atomic E-state index is 9.41. The molecule has 0 radical (unpaired) electrons. The largest absolute Gasteiger partial charge is 0.497 e. The van der Waals surface area contributed by atoms with Crippen LogP contribution in [-0.4, -0.2) is 24.9 Å². The summed E-state index contributed by atoms with van der Waals surface area (Å²) >= 11 is 3.49. The van der Waals surface area contributed by atoms with E-state index in [1.54, 1.807) is 7.11 Å². The number of aliphatic hydroxyl groups is 1. The number of hydrogen-bond donors (Lipinski definition) is 2. The lowest BCUT2D eigenvalue weighted by molar-refractivity contribution is 0.167. The minimum Gasteiger partial charge on any atom is -0.497 e. The number of benzene rings is 1. The van der Waals surface area contributed by atoms with Gasteiger partial charge >= 0.3 is 0 Å². The van der Waals surface area contributed by atoms with Crippen LogP contribution in [0.25, 0.3) is 0 Å². The van der Waals surface area contributed by atoms with E-state index in [4.69, 9.17) is 4.74 Å². The standard InChI is InChI=1S/C12H18BrNO2/c1-3-10(15)8-14-7-9-6-11(16-2)4-5-12(9)13/h4-6,10,14-15H,3,7-8H2,1-2H3. The lowest BCUT2D eigenvalue weighted by atomic mass is 10.2. The van der Waals surface area contributed by atoms with Crippen molar-refractivity contribution in [3.8, 4) is 5.75 Å². The topological polar surface area (TPSA) is 41.5 Å². The lowest BCUT2D eigenvalue weighted by Crippen LogP contribution is -2.25. The Hall–Kier alpha value is -0.580. The van der Waals surface area contributed by atoms with E-state index in [9.17, 15) is 5.11 Å². The van der Waals surface area contributed by atoms with Gasteiger partial charge < -0.3 is 15.2 Å². The third-order valence-electron chi connectivity index (χ3n) is 2.42. The maximum Gasteiger partial charge on any atom is 0.119 e. The predicted octanol–water partition coefficient (Wildman–Crippen LogP) is 2.32. The van der Waals surface area contributed by atoms with Gasteiger partial charge in [0.25, 0.3) is 0 Å². The molecule has 1 atom stereocenters. The van der Waals surface area contributed by atoms with Gasteiger partial charge in [-0.1, -0.05) is 22.9 Å². The molecule has 0 saturated carbocycles. The second kappa shape index (κ2) is 6.89. The molecule has 0 aliphatic rings. The molecule has 0 spiro atoms. The quantitative estimate of drug-likeness (QED) is 0.844. The predicted molar refractivity (Wildman–Crippen MR) is 68.7 cm³/mol. The number of hydrogen-bond acceptors (Lipinski definition) is 3. The van der Waals surface area contributed by atoms with Crippen molar-refractivity contribution >= 4 is 15.9 Å². The lowest BCUT2D eigenvalue weighted by Gasteiger charge is -2.11. The smallest absolute Gasteiger partial charge is 0.119 e. The Morgan fingerprint density at radius 2 is 2.25 bits per heavy atom. The third kappa shape index (κ3) is 4.12. The molecule has 16 heavy (non-hydrogen) atoms. The molecular weight excluding hydrogens is 270 g/mol. The van der Waals surface area contributed by atoms with Crippen molar-refractivity contribution < 1.29 is 9.84 Å². The van der Waals surface area contributed by atoms with Crippen LogP contribution < -0.4 is 10.1 Å². The van der Waals surface area contributed by atoms with Crippen LogP contribution in [0.1, 0.15) is 18.9 Å². The fourth-order valence-corrected chi connectivity index (χ4v) is 1.72. The average molecular weight is 288 g/mol. The van der Waals surface area contributed by atoms with Gasteiger partial charge in [0, 0.05) is 17.6 Å². The Morgan fingerprint density at radius 3 is 2.88 bits per heavy atom. The molecule has 0 fully saturated rings. The average Bonchev–Trinajstić information content (AvgIpc) is 2.31. The summed E-state index contributed by atoms with van der Waals surface area (Å²) in [7, 11) is 1.65. The highest BCUT2D eigenvalue weighted by Crippen LogP contribution is 2.22. The van der Waals surface area contributed by atoms with E-state index in [1.165, 1.54) is 0 Å². The van der Waals surface area contributed by atoms with Crippen LogP contribution in [0, 0.1) is 0 Å². The molecule has 0 aliphatic heterocycles. The molecule has 1 aromatic carbocycles. The summed E-state index contributed by atoms with van der Waals surface area (Å²) in [6.07, 6.45) is 0.496. The zero-order valence-electron chi connectivity index (χ0n) is 9.66. The van der Waals surface area contributed by atoms with Crippen LogP contribution in [0.5, 0.6) is 5.75 Å². The van der Waals surface area contributed by atoms with Gasteiger partial charge in [0.1, 0.15) is 5.75 Å². The Balaban J connectivity index is 2.52. The van der Waals surface area contributed by atoms with Crippen LogP contribution in [0.4, 0.5) is 0 Å². The van der Waals surface area contributed by atoms with Crippen LogP contribution in [0.2, 0.25) is 0 Å². The fraction of sp³-hybridized carbons (Fsp3) is 0.500. The number of methoxy groups -OCH3 is 1. The Bertz CT molecular complexity index is 331. The summed E-state index contributed by atoms with van der Waals surface area (Å²) in [5.74, 6) is 0.844. The SMILES string of the molecule is CCC(O)CNCc1cc(OC)ccc1Br. The number of halogens is 1. The van der Waals surface area contributed by atoms with E-state index in [0.29, 0.717) is 6.54 Å². The van der Waals surface area contributed by atoms with Crippen molar-refractivity contribution in [1.82, 2.24) is 5.32 Å². The van der Waals surface area contributed by atoms with Crippen LogP contribution in [0.3, 0.4) is 0 Å². The number of rotatable bonds is 6. The zero-order valence-corrected chi connectivity index (χ0v) is 11.3. The van der Waals surface area contributed by atoms with E-state index in [1.807, 2.05) is 25.1 Å². The van der Waals surface area contributed by atoms with E-state index in [0.717, 1.165) is 28.8 Å². The molecule has 0 bridgehead atoms. The summed E-state index contributed by atoms with van der Waals surface area (Å²) in [5.41, 5.74) is 1.13. The Labute approximate surface area is 105 Å². The molecule has 90 valence electrons. The first-order valence-corrected chi connectivity index (χ1v) is 6.17. The molecule has 1 unspecified atom stereocenters. The first kappa shape index (κ1) is 13.5. The van der Waals surface area contributed by atoms with Gasteiger partial charge in [-0.05, 0) is 30.2 Å². The van der Waals surface area contributed by atoms with Gasteiger partial charge in [0.15, 0.2) is 0 Å². The molecule has 1 aromatic rings. The molecule has 3 nitrogen and oxygen atoms in total. The molecule has 1 rings (SSSR count). The molecule has 0 amide bonds. The van der Waals surface area contributed by atoms with Crippen molar-refractivity contribution in [2.75, 3.05) is 13.7 Å². The second-order valence-electron chi connectivity index (χ2n) is 3.65. The Morgan fingerprint density at radius 1 is 1.50 bits per heavy atom. The second-order valence-corrected chi connectivity index (χ2v) is 4.50. The van der Waals surface area contributed by atoms with Gasteiger partial charge in [0.2, 0.25) is 0 Å². The number of aliphatic hydroxyl groups excluding tert-OH is 1. The summed E-state index contributed by atoms with van der Waals surface area (Å²) in [6, 6.07) is 5.86. The van der Waals surface area contributed by atoms with Gasteiger partial charge in [-0.2, -0.15) is 0 Å². The van der Waals surface area contributed by atoms with Crippen molar-refractivity contribution in [2.24, 2.45) is 0 Å². The normalized spacial score (nSPS) is 12.5. The van der Waals surface area contributed by atoms with Crippen molar-refractivity contribution in [3.05, 3.63) is 28.2 Å². The van der Waals surface area contributed by atoms with Crippen molar-refractivity contribution in [2.45, 2.75) is 26.0 Å². The molecule has 0 aliphatic carbocycles. The summed E-state index contributed by atoms with van der Waals surface area (Å²) in [5, 5.41) is 12.6. The molecule has 0 aromatic heterocycles. The highest BCUT2D eigenvalue weighted by molar-refractivity contribution is 9.10. The van der Waals surface area contributed by atoms with E-state index in [2.05, 4.69) is 21.2 Å². The summed E-state index contributed by atoms with van der Waals surface area (Å²) < 4.78 is 6.21. The minimum atomic E-state index is -0.274. The highest BCUT2D eigenvalue weighted by atomic mass is 79.9. The summed E-state index contributed by atoms with van der Waals surface area (Å²) in [6.45, 7) is 3.29. The number of nitrogens with one attached hydrogen (secondary N) is 1. The van der Waals surface area contributed by atoms with Crippen LogP contribution in [-0.2, 0) is 6.54 Å². The van der Waals surface area contributed by atoms with Crippen LogP contribution >= 0.6 is 15.9 Å². The van der Waals surface area contributed by atoms with Gasteiger partial charge in [-0.25, -0.2) is 0 Å². The van der Waals surface area contributed by atoms with Crippen molar-refractivity contribution in [3.63, 3.8) is 0 Å². The fourth-order valence-electron chi connectivity index (χ4n) is 1.33. The monoisotopic (exact) mass is 287 g/mol. The molecular formula is C12H18BrNO2. The molecule has 4 heteroatoms. The maximum atomic E-state index is 9.41. The van der Waals surface area contributed by atoms with Crippen molar-refractivity contribution in [1.29, 1.82) is 0 Å². The van der Waals surface area contributed by atoms with E-state index >= 15 is 0 Å². The van der Waals surface area contributed by atoms with Crippen LogP contribution in [0.15, 0.2) is 22.7 Å². The van der Waals surface area contributed by atoms with Gasteiger partial charge in [-0.15, -0.1) is 0 Å². The minimum absolute atomic E-state index is 0.274. The van der Waals surface area contributed by atoms with Gasteiger partial charge in [-0.3, -0.25) is 0 Å². The van der Waals surface area contributed by atoms with E-state index < -0.39 is 0 Å². The molecule has 0 heterocycles. The number of ether oxygens (including phenoxy) is 1. The Kier molecular flexibility index (Phi) is 5.80. The van der Waals surface area contributed by atoms with E-state index in [-0.39, 0.29) is 6.10 Å².